The highest BCUT2D eigenvalue weighted by molar-refractivity contribution is 5.64. The number of hydrogen-bond donors (Lipinski definition) is 2. The predicted molar refractivity (Wildman–Crippen MR) is 91.6 cm³/mol. The first-order valence-electron chi connectivity index (χ1n) is 8.74. The number of halogens is 5. The molecule has 2 N–H and O–H groups in total. The van der Waals surface area contributed by atoms with Crippen LogP contribution in [-0.2, 0) is 26.9 Å². The van der Waals surface area contributed by atoms with Crippen molar-refractivity contribution in [3.8, 4) is 17.4 Å². The van der Waals surface area contributed by atoms with Crippen molar-refractivity contribution in [3.63, 3.8) is 0 Å². The van der Waals surface area contributed by atoms with Gasteiger partial charge >= 0.3 is 12.8 Å². The van der Waals surface area contributed by atoms with Crippen LogP contribution in [0, 0.1) is 6.57 Å². The average Bonchev–Trinajstić information content (AvgIpc) is 3.14. The van der Waals surface area contributed by atoms with Gasteiger partial charge in [0.1, 0.15) is 5.60 Å². The third kappa shape index (κ3) is 2.60. The zero-order valence-corrected chi connectivity index (χ0v) is 15.6. The van der Waals surface area contributed by atoms with Gasteiger partial charge in [-0.3, -0.25) is 4.57 Å². The summed E-state index contributed by atoms with van der Waals surface area (Å²) in [5, 5.41) is 21.6. The summed E-state index contributed by atoms with van der Waals surface area (Å²) in [5.74, 6) is -1.23. The Balaban J connectivity index is 1.91. The molecule has 3 heterocycles. The van der Waals surface area contributed by atoms with Gasteiger partial charge in [0.2, 0.25) is 11.8 Å². The molecule has 1 aromatic heterocycles. The monoisotopic (exact) mass is 430 g/mol. The molecule has 2 aromatic rings. The highest BCUT2D eigenvalue weighted by Gasteiger charge is 2.65. The quantitative estimate of drug-likeness (QED) is 0.535. The molecule has 0 spiro atoms. The fraction of sp³-hybridized carbons (Fsp3) is 0.421. The van der Waals surface area contributed by atoms with Crippen molar-refractivity contribution in [3.05, 3.63) is 46.3 Å². The highest BCUT2D eigenvalue weighted by Crippen LogP contribution is 2.65. The van der Waals surface area contributed by atoms with E-state index >= 15 is 0 Å². The van der Waals surface area contributed by atoms with Crippen molar-refractivity contribution < 1.29 is 41.6 Å². The van der Waals surface area contributed by atoms with Gasteiger partial charge in [0.15, 0.2) is 5.69 Å². The summed E-state index contributed by atoms with van der Waals surface area (Å²) in [6, 6.07) is 2.69. The van der Waals surface area contributed by atoms with Gasteiger partial charge in [-0.05, 0) is 26.0 Å². The molecule has 6 nitrogen and oxygen atoms in total. The maximum Gasteiger partial charge on any atom is 0.407 e. The van der Waals surface area contributed by atoms with Crippen LogP contribution in [0.15, 0.2) is 18.2 Å². The van der Waals surface area contributed by atoms with Gasteiger partial charge in [-0.25, -0.2) is 4.85 Å². The van der Waals surface area contributed by atoms with E-state index in [4.69, 9.17) is 11.3 Å². The first kappa shape index (κ1) is 20.4. The summed E-state index contributed by atoms with van der Waals surface area (Å²) in [7, 11) is 0. The summed E-state index contributed by atoms with van der Waals surface area (Å²) >= 11 is 0. The van der Waals surface area contributed by atoms with Crippen LogP contribution in [0.3, 0.4) is 0 Å². The Bertz CT molecular complexity index is 1090. The second kappa shape index (κ2) is 6.09. The summed E-state index contributed by atoms with van der Waals surface area (Å²) in [6.07, 6.45) is -6.04. The minimum absolute atomic E-state index is 0.0257. The lowest BCUT2D eigenvalue weighted by Crippen LogP contribution is -2.36. The number of nitrogens with zero attached hydrogens (tertiary/aromatic N) is 2. The van der Waals surface area contributed by atoms with Crippen LogP contribution in [0.25, 0.3) is 10.5 Å². The van der Waals surface area contributed by atoms with Crippen LogP contribution in [0.2, 0.25) is 0 Å². The molecule has 4 rings (SSSR count). The van der Waals surface area contributed by atoms with Gasteiger partial charge in [-0.15, -0.1) is 0 Å². The molecule has 2 aliphatic heterocycles. The third-order valence-electron chi connectivity index (χ3n) is 5.70. The van der Waals surface area contributed by atoms with Gasteiger partial charge in [-0.1, -0.05) is 6.07 Å². The number of hydrogen-bond acceptors (Lipinski definition) is 4. The summed E-state index contributed by atoms with van der Waals surface area (Å²) in [5.41, 5.74) is -4.90. The van der Waals surface area contributed by atoms with E-state index in [0.717, 1.165) is 16.7 Å². The molecule has 1 saturated heterocycles. The van der Waals surface area contributed by atoms with E-state index in [0.29, 0.717) is 6.07 Å². The van der Waals surface area contributed by atoms with Crippen molar-refractivity contribution in [1.29, 1.82) is 0 Å². The van der Waals surface area contributed by atoms with Gasteiger partial charge in [-0.2, -0.15) is 22.0 Å². The Morgan fingerprint density at radius 1 is 1.23 bits per heavy atom. The number of fused-ring (bicyclic) bond motifs is 5. The van der Waals surface area contributed by atoms with Crippen LogP contribution in [0.1, 0.15) is 37.0 Å². The standard InChI is InChI=1S/C19H15F5N2O4/c1-17-7-11(29-16(20)21)18(2,30-17)13-12(17)14(27)26(15(13)28)8-4-5-10(25-3)9(6-8)19(22,23)24/h4-6,11,16,27-28H,7H2,1-2H3/t11-,17?,18?/m0/s1. The zero-order valence-electron chi connectivity index (χ0n) is 15.6. The van der Waals surface area contributed by atoms with E-state index in [2.05, 4.69) is 9.58 Å². The van der Waals surface area contributed by atoms with Gasteiger partial charge in [0.05, 0.1) is 40.7 Å². The van der Waals surface area contributed by atoms with Crippen molar-refractivity contribution in [1.82, 2.24) is 4.57 Å². The molecular weight excluding hydrogens is 415 g/mol. The smallest absolute Gasteiger partial charge is 0.407 e. The molecule has 1 fully saturated rings. The first-order valence-corrected chi connectivity index (χ1v) is 8.74. The largest absolute Gasteiger partial charge is 0.494 e. The second-order valence-electron chi connectivity index (χ2n) is 7.57. The molecule has 2 bridgehead atoms. The van der Waals surface area contributed by atoms with Crippen LogP contribution in [0.5, 0.6) is 11.8 Å². The first-order chi connectivity index (χ1) is 13.8. The number of aromatic nitrogens is 1. The maximum atomic E-state index is 13.3. The van der Waals surface area contributed by atoms with Gasteiger partial charge < -0.3 is 19.7 Å². The number of ether oxygens (including phenoxy) is 2. The molecule has 2 aliphatic rings. The number of aromatic hydroxyl groups is 2. The van der Waals surface area contributed by atoms with E-state index < -0.39 is 53.1 Å². The van der Waals surface area contributed by atoms with Crippen LogP contribution in [0.4, 0.5) is 27.6 Å². The molecule has 30 heavy (non-hydrogen) atoms. The summed E-state index contributed by atoms with van der Waals surface area (Å²) in [4.78, 5) is 2.85. The molecule has 0 amide bonds. The Labute approximate surface area is 166 Å². The molecule has 0 saturated carbocycles. The van der Waals surface area contributed by atoms with Crippen LogP contribution >= 0.6 is 0 Å². The summed E-state index contributed by atoms with van der Waals surface area (Å²) < 4.78 is 76.9. The molecular formula is C19H15F5N2O4. The van der Waals surface area contributed by atoms with Gasteiger partial charge in [0.25, 0.3) is 0 Å². The van der Waals surface area contributed by atoms with Crippen LogP contribution in [-0.4, -0.2) is 27.5 Å². The number of rotatable bonds is 3. The average molecular weight is 430 g/mol. The zero-order chi connectivity index (χ0) is 22.2. The Kier molecular flexibility index (Phi) is 4.15. The topological polar surface area (TPSA) is 68.2 Å². The Morgan fingerprint density at radius 2 is 1.87 bits per heavy atom. The lowest BCUT2D eigenvalue weighted by atomic mass is 9.78. The Morgan fingerprint density at radius 3 is 2.43 bits per heavy atom. The minimum atomic E-state index is -4.84. The van der Waals surface area contributed by atoms with E-state index in [1.54, 1.807) is 0 Å². The molecule has 0 aliphatic carbocycles. The Hall–Kier alpha value is -2.84. The normalized spacial score (nSPS) is 27.5. The van der Waals surface area contributed by atoms with Gasteiger partial charge in [0, 0.05) is 6.42 Å². The maximum absolute atomic E-state index is 13.3. The lowest BCUT2D eigenvalue weighted by molar-refractivity contribution is -0.198. The molecule has 2 unspecified atom stereocenters. The third-order valence-corrected chi connectivity index (χ3v) is 5.70. The molecule has 0 radical (unpaired) electrons. The van der Waals surface area contributed by atoms with Crippen molar-refractivity contribution >= 4 is 5.69 Å². The lowest BCUT2D eigenvalue weighted by Gasteiger charge is -2.29. The second-order valence-corrected chi connectivity index (χ2v) is 7.57. The number of benzene rings is 1. The minimum Gasteiger partial charge on any atom is -0.494 e. The molecule has 11 heteroatoms. The predicted octanol–water partition coefficient (Wildman–Crippen LogP) is 4.93. The van der Waals surface area contributed by atoms with Crippen LogP contribution < -0.4 is 0 Å². The van der Waals surface area contributed by atoms with E-state index in [1.807, 2.05) is 0 Å². The highest BCUT2D eigenvalue weighted by atomic mass is 19.4. The fourth-order valence-electron chi connectivity index (χ4n) is 4.54. The van der Waals surface area contributed by atoms with Crippen molar-refractivity contribution in [2.75, 3.05) is 0 Å². The molecule has 160 valence electrons. The summed E-state index contributed by atoms with van der Waals surface area (Å²) in [6.45, 7) is 6.74. The molecule has 3 atom stereocenters. The van der Waals surface area contributed by atoms with E-state index in [-0.39, 0.29) is 23.2 Å². The number of alkyl halides is 5. The fourth-order valence-corrected chi connectivity index (χ4v) is 4.54. The van der Waals surface area contributed by atoms with Crippen molar-refractivity contribution in [2.45, 2.75) is 50.4 Å². The SMILES string of the molecule is [C-]#[N+]c1ccc(-n2c(O)c3c(c2O)C2(C)OC3(C)C[C@@H]2OC(F)F)cc1C(F)(F)F. The van der Waals surface area contributed by atoms with E-state index in [9.17, 15) is 32.2 Å². The van der Waals surface area contributed by atoms with Crippen molar-refractivity contribution in [2.24, 2.45) is 0 Å². The molecule has 1 aromatic carbocycles. The van der Waals surface area contributed by atoms with E-state index in [1.165, 1.54) is 13.8 Å².